The summed E-state index contributed by atoms with van der Waals surface area (Å²) in [5.41, 5.74) is -1.99. The number of hydrogen-bond donors (Lipinski definition) is 3. The third-order valence-corrected chi connectivity index (χ3v) is 9.33. The molecule has 3 aliphatic heterocycles. The molecule has 0 unspecified atom stereocenters. The average Bonchev–Trinajstić information content (AvgIpc) is 3.36. The molecule has 4 atom stereocenters. The standard InChI is InChI=1S/C27H43N5O8S/c1-26(2,3)29-25(36)40-21-12-8-6-4-5-7-10-19-18-27(19,28-22(33)20-11-9-13-32(20)23(21)34)24(35)30-41(37,38)31-14-16-39-17-15-31/h7,10,19-21H,4-6,8-9,11-18H2,1-3H3,(H,28,33)(H,29,36)(H,30,35)/t19-,20+,21+,27-/m1/s1. The van der Waals surface area contributed by atoms with Gasteiger partial charge in [0.05, 0.1) is 13.2 Å². The van der Waals surface area contributed by atoms with E-state index in [1.165, 1.54) is 4.90 Å². The van der Waals surface area contributed by atoms with E-state index in [4.69, 9.17) is 9.47 Å². The molecule has 0 radical (unpaired) electrons. The van der Waals surface area contributed by atoms with E-state index in [0.29, 0.717) is 38.6 Å². The number of rotatable bonds is 4. The van der Waals surface area contributed by atoms with Gasteiger partial charge in [0.25, 0.3) is 11.8 Å². The van der Waals surface area contributed by atoms with Gasteiger partial charge >= 0.3 is 16.3 Å². The Labute approximate surface area is 241 Å². The maximum atomic E-state index is 13.6. The fourth-order valence-corrected chi connectivity index (χ4v) is 6.73. The number of alkyl carbamates (subject to hydrolysis) is 1. The van der Waals surface area contributed by atoms with Crippen molar-refractivity contribution < 1.29 is 37.1 Å². The van der Waals surface area contributed by atoms with E-state index < -0.39 is 57.2 Å². The van der Waals surface area contributed by atoms with Crippen LogP contribution in [0.3, 0.4) is 0 Å². The lowest BCUT2D eigenvalue weighted by atomic mass is 10.1. The second kappa shape index (κ2) is 12.7. The molecule has 0 aromatic rings. The Morgan fingerprint density at radius 1 is 1.07 bits per heavy atom. The highest BCUT2D eigenvalue weighted by Gasteiger charge is 2.61. The topological polar surface area (TPSA) is 163 Å². The van der Waals surface area contributed by atoms with Crippen LogP contribution in [0.1, 0.15) is 72.1 Å². The molecule has 230 valence electrons. The number of ether oxygens (including phenoxy) is 2. The van der Waals surface area contributed by atoms with Crippen molar-refractivity contribution in [2.24, 2.45) is 5.92 Å². The molecule has 4 amide bonds. The molecule has 0 bridgehead atoms. The number of carbonyl (C=O) groups excluding carboxylic acids is 4. The first kappa shape index (κ1) is 31.2. The molecule has 14 heteroatoms. The molecule has 1 aliphatic carbocycles. The van der Waals surface area contributed by atoms with Crippen LogP contribution in [-0.4, -0.2) is 97.5 Å². The quantitative estimate of drug-likeness (QED) is 0.404. The highest BCUT2D eigenvalue weighted by atomic mass is 32.2. The number of nitrogens with zero attached hydrogens (tertiary/aromatic N) is 2. The van der Waals surface area contributed by atoms with Crippen molar-refractivity contribution in [2.45, 2.75) is 95.4 Å². The molecule has 41 heavy (non-hydrogen) atoms. The summed E-state index contributed by atoms with van der Waals surface area (Å²) in [7, 11) is -4.13. The molecule has 3 heterocycles. The third-order valence-electron chi connectivity index (χ3n) is 7.84. The van der Waals surface area contributed by atoms with Crippen molar-refractivity contribution in [2.75, 3.05) is 32.8 Å². The summed E-state index contributed by atoms with van der Waals surface area (Å²) < 4.78 is 40.0. The number of nitrogens with one attached hydrogen (secondary N) is 3. The minimum Gasteiger partial charge on any atom is -0.436 e. The third kappa shape index (κ3) is 7.77. The highest BCUT2D eigenvalue weighted by molar-refractivity contribution is 7.87. The zero-order valence-corrected chi connectivity index (χ0v) is 25.0. The maximum Gasteiger partial charge on any atom is 0.408 e. The summed E-state index contributed by atoms with van der Waals surface area (Å²) >= 11 is 0. The molecule has 4 aliphatic rings. The first-order valence-electron chi connectivity index (χ1n) is 14.5. The van der Waals surface area contributed by atoms with Gasteiger partial charge in [0.2, 0.25) is 5.91 Å². The van der Waals surface area contributed by atoms with E-state index in [2.05, 4.69) is 15.4 Å². The molecule has 3 N–H and O–H groups in total. The van der Waals surface area contributed by atoms with E-state index >= 15 is 0 Å². The Hall–Kier alpha value is -2.71. The number of fused-ring (bicyclic) bond motifs is 2. The normalized spacial score (nSPS) is 30.2. The molecule has 0 aromatic heterocycles. The van der Waals surface area contributed by atoms with Crippen molar-refractivity contribution in [3.05, 3.63) is 12.2 Å². The Balaban J connectivity index is 1.53. The molecule has 13 nitrogen and oxygen atoms in total. The van der Waals surface area contributed by atoms with Gasteiger partial charge in [0.15, 0.2) is 6.10 Å². The molecule has 0 spiro atoms. The van der Waals surface area contributed by atoms with Gasteiger partial charge in [0, 0.05) is 31.1 Å². The minimum atomic E-state index is -4.13. The minimum absolute atomic E-state index is 0.126. The van der Waals surface area contributed by atoms with Crippen LogP contribution < -0.4 is 15.4 Å². The van der Waals surface area contributed by atoms with Crippen molar-refractivity contribution in [3.8, 4) is 0 Å². The fourth-order valence-electron chi connectivity index (χ4n) is 5.56. The van der Waals surface area contributed by atoms with Crippen LogP contribution in [-0.2, 0) is 34.1 Å². The van der Waals surface area contributed by atoms with Gasteiger partial charge in [-0.15, -0.1) is 0 Å². The van der Waals surface area contributed by atoms with E-state index in [1.54, 1.807) is 0 Å². The van der Waals surface area contributed by atoms with Crippen LogP contribution in [0.2, 0.25) is 0 Å². The number of amides is 4. The van der Waals surface area contributed by atoms with Gasteiger partial charge in [-0.3, -0.25) is 14.4 Å². The summed E-state index contributed by atoms with van der Waals surface area (Å²) in [6, 6.07) is -0.866. The maximum absolute atomic E-state index is 13.6. The SMILES string of the molecule is CC(C)(C)NC(=O)O[C@H]1CCCCCC=C[C@@H]2C[C@@]2(C(=O)NS(=O)(=O)N2CCOCC2)NC(=O)[C@@H]2CCCN2C1=O. The number of allylic oxidation sites excluding steroid dienone is 1. The smallest absolute Gasteiger partial charge is 0.408 e. The van der Waals surface area contributed by atoms with Gasteiger partial charge in [-0.05, 0) is 65.7 Å². The van der Waals surface area contributed by atoms with Crippen LogP contribution >= 0.6 is 0 Å². The molecular weight excluding hydrogens is 554 g/mol. The Morgan fingerprint density at radius 3 is 2.51 bits per heavy atom. The van der Waals surface area contributed by atoms with Gasteiger partial charge in [-0.25, -0.2) is 9.52 Å². The largest absolute Gasteiger partial charge is 0.436 e. The Kier molecular flexibility index (Phi) is 9.64. The van der Waals surface area contributed by atoms with Crippen molar-refractivity contribution >= 4 is 34.0 Å². The second-order valence-electron chi connectivity index (χ2n) is 12.2. The lowest BCUT2D eigenvalue weighted by Gasteiger charge is -2.30. The summed E-state index contributed by atoms with van der Waals surface area (Å²) in [6.45, 7) is 6.46. The lowest BCUT2D eigenvalue weighted by molar-refractivity contribution is -0.146. The molecule has 4 rings (SSSR count). The first-order valence-corrected chi connectivity index (χ1v) is 15.9. The van der Waals surface area contributed by atoms with Gasteiger partial charge in [-0.2, -0.15) is 12.7 Å². The zero-order valence-electron chi connectivity index (χ0n) is 24.1. The summed E-state index contributed by atoms with van der Waals surface area (Å²) in [5.74, 6) is -2.15. The van der Waals surface area contributed by atoms with Crippen LogP contribution in [0.5, 0.6) is 0 Å². The van der Waals surface area contributed by atoms with Crippen LogP contribution in [0, 0.1) is 5.92 Å². The predicted octanol–water partition coefficient (Wildman–Crippen LogP) is 0.959. The molecule has 1 saturated carbocycles. The van der Waals surface area contributed by atoms with Gasteiger partial charge in [0.1, 0.15) is 11.6 Å². The summed E-state index contributed by atoms with van der Waals surface area (Å²) in [4.78, 5) is 54.7. The lowest BCUT2D eigenvalue weighted by Crippen LogP contribution is -2.59. The van der Waals surface area contributed by atoms with Crippen molar-refractivity contribution in [1.29, 1.82) is 0 Å². The molecular formula is C27H43N5O8S. The van der Waals surface area contributed by atoms with E-state index in [1.807, 2.05) is 32.9 Å². The zero-order chi connectivity index (χ0) is 29.8. The van der Waals surface area contributed by atoms with Crippen LogP contribution in [0.25, 0.3) is 0 Å². The number of morpholine rings is 1. The van der Waals surface area contributed by atoms with E-state index in [0.717, 1.165) is 17.1 Å². The van der Waals surface area contributed by atoms with Crippen molar-refractivity contribution in [3.63, 3.8) is 0 Å². The fraction of sp³-hybridized carbons (Fsp3) is 0.778. The first-order chi connectivity index (χ1) is 19.3. The number of hydrogen-bond acceptors (Lipinski definition) is 8. The highest BCUT2D eigenvalue weighted by Crippen LogP contribution is 2.45. The van der Waals surface area contributed by atoms with Crippen LogP contribution in [0.4, 0.5) is 4.79 Å². The van der Waals surface area contributed by atoms with E-state index in [9.17, 15) is 27.6 Å². The Morgan fingerprint density at radius 2 is 1.80 bits per heavy atom. The van der Waals surface area contributed by atoms with Gasteiger partial charge in [-0.1, -0.05) is 18.6 Å². The molecule has 0 aromatic carbocycles. The monoisotopic (exact) mass is 597 g/mol. The number of carbonyl (C=O) groups is 4. The molecule has 3 fully saturated rings. The molecule has 2 saturated heterocycles. The second-order valence-corrected chi connectivity index (χ2v) is 13.9. The van der Waals surface area contributed by atoms with E-state index in [-0.39, 0.29) is 38.6 Å². The Bertz CT molecular complexity index is 1150. The van der Waals surface area contributed by atoms with Crippen LogP contribution in [0.15, 0.2) is 12.2 Å². The predicted molar refractivity (Wildman–Crippen MR) is 149 cm³/mol. The van der Waals surface area contributed by atoms with Crippen molar-refractivity contribution in [1.82, 2.24) is 24.6 Å². The summed E-state index contributed by atoms with van der Waals surface area (Å²) in [6.07, 6.45) is 6.58. The van der Waals surface area contributed by atoms with Gasteiger partial charge < -0.3 is 25.0 Å². The summed E-state index contributed by atoms with van der Waals surface area (Å²) in [5, 5.41) is 5.53. The average molecular weight is 598 g/mol.